The largest absolute Gasteiger partial charge is 0.481 e. The summed E-state index contributed by atoms with van der Waals surface area (Å²) in [7, 11) is 1.19. The molecule has 0 heterocycles. The predicted molar refractivity (Wildman–Crippen MR) is 57.7 cm³/mol. The lowest BCUT2D eigenvalue weighted by Crippen LogP contribution is -2.45. The van der Waals surface area contributed by atoms with Crippen molar-refractivity contribution in [2.75, 3.05) is 7.05 Å². The van der Waals surface area contributed by atoms with Gasteiger partial charge in [0.2, 0.25) is 0 Å². The monoisotopic (exact) mass is 247 g/mol. The lowest BCUT2D eigenvalue weighted by atomic mass is 10.2. The number of nitrogens with zero attached hydrogens (tertiary/aromatic N) is 1. The van der Waals surface area contributed by atoms with Crippen molar-refractivity contribution >= 4 is 18.0 Å². The zero-order valence-electron chi connectivity index (χ0n) is 10.3. The fraction of sp³-hybridized carbons (Fsp3) is 0.700. The van der Waals surface area contributed by atoms with Crippen LogP contribution in [0.1, 0.15) is 27.2 Å². The number of carbonyl (C=O) groups excluding carboxylic acids is 1. The SMILES string of the molecule is CN(C(=O)OC(C)(C)C)[C@@H](CC(=O)O)C(=O)O. The molecule has 0 aromatic carbocycles. The molecule has 1 atom stereocenters. The van der Waals surface area contributed by atoms with Crippen LogP contribution in [0.25, 0.3) is 0 Å². The zero-order valence-corrected chi connectivity index (χ0v) is 10.3. The van der Waals surface area contributed by atoms with Crippen LogP contribution in [-0.4, -0.2) is 51.8 Å². The van der Waals surface area contributed by atoms with Crippen molar-refractivity contribution in [1.82, 2.24) is 4.90 Å². The fourth-order valence-electron chi connectivity index (χ4n) is 1.02. The van der Waals surface area contributed by atoms with E-state index < -0.39 is 36.1 Å². The van der Waals surface area contributed by atoms with Gasteiger partial charge in [-0.1, -0.05) is 0 Å². The Kier molecular flexibility index (Phi) is 4.93. The molecule has 1 amide bonds. The van der Waals surface area contributed by atoms with E-state index in [-0.39, 0.29) is 0 Å². The maximum atomic E-state index is 11.5. The molecule has 0 aliphatic carbocycles. The highest BCUT2D eigenvalue weighted by molar-refractivity contribution is 5.84. The van der Waals surface area contributed by atoms with Crippen molar-refractivity contribution in [3.63, 3.8) is 0 Å². The first kappa shape index (κ1) is 15.2. The summed E-state index contributed by atoms with van der Waals surface area (Å²) < 4.78 is 4.94. The summed E-state index contributed by atoms with van der Waals surface area (Å²) in [6.07, 6.45) is -1.54. The molecule has 0 aromatic rings. The van der Waals surface area contributed by atoms with Gasteiger partial charge in [0.1, 0.15) is 11.6 Å². The van der Waals surface area contributed by atoms with E-state index in [0.717, 1.165) is 4.90 Å². The molecule has 98 valence electrons. The van der Waals surface area contributed by atoms with Gasteiger partial charge in [-0.25, -0.2) is 9.59 Å². The average molecular weight is 247 g/mol. The van der Waals surface area contributed by atoms with Gasteiger partial charge in [0, 0.05) is 7.05 Å². The maximum Gasteiger partial charge on any atom is 0.410 e. The summed E-state index contributed by atoms with van der Waals surface area (Å²) in [5.41, 5.74) is -0.766. The first-order valence-corrected chi connectivity index (χ1v) is 4.95. The summed E-state index contributed by atoms with van der Waals surface area (Å²) in [6.45, 7) is 4.89. The lowest BCUT2D eigenvalue weighted by molar-refractivity contribution is -0.148. The average Bonchev–Trinajstić information content (AvgIpc) is 2.09. The topological polar surface area (TPSA) is 104 Å². The summed E-state index contributed by atoms with van der Waals surface area (Å²) in [4.78, 5) is 33.6. The highest BCUT2D eigenvalue weighted by Crippen LogP contribution is 2.12. The van der Waals surface area contributed by atoms with Crippen LogP contribution in [-0.2, 0) is 14.3 Å². The second-order valence-electron chi connectivity index (χ2n) is 4.54. The van der Waals surface area contributed by atoms with Crippen molar-refractivity contribution in [3.05, 3.63) is 0 Å². The van der Waals surface area contributed by atoms with E-state index in [1.165, 1.54) is 7.05 Å². The van der Waals surface area contributed by atoms with Gasteiger partial charge in [-0.3, -0.25) is 9.69 Å². The fourth-order valence-corrected chi connectivity index (χ4v) is 1.02. The number of ether oxygens (including phenoxy) is 1. The molecule has 0 fully saturated rings. The number of likely N-dealkylation sites (N-methyl/N-ethyl adjacent to an activating group) is 1. The Bertz CT molecular complexity index is 319. The molecule has 7 nitrogen and oxygen atoms in total. The molecule has 0 aromatic heterocycles. The molecule has 0 rings (SSSR count). The van der Waals surface area contributed by atoms with Gasteiger partial charge in [0.25, 0.3) is 0 Å². The molecule has 0 bridgehead atoms. The zero-order chi connectivity index (χ0) is 13.8. The maximum absolute atomic E-state index is 11.5. The second kappa shape index (κ2) is 5.51. The van der Waals surface area contributed by atoms with Crippen LogP contribution in [0.3, 0.4) is 0 Å². The summed E-state index contributed by atoms with van der Waals surface area (Å²) in [5.74, 6) is -2.69. The molecule has 0 aliphatic heterocycles. The molecule has 0 spiro atoms. The number of carboxylic acids is 2. The van der Waals surface area contributed by atoms with E-state index in [4.69, 9.17) is 14.9 Å². The minimum atomic E-state index is -1.44. The minimum absolute atomic E-state index is 0.676. The standard InChI is InChI=1S/C10H17NO6/c1-10(2,3)17-9(16)11(4)6(8(14)15)5-7(12)13/h6H,5H2,1-4H3,(H,12,13)(H,14,15)/t6-/m0/s1. The van der Waals surface area contributed by atoms with Crippen molar-refractivity contribution in [1.29, 1.82) is 0 Å². The molecule has 2 N–H and O–H groups in total. The Balaban J connectivity index is 4.72. The second-order valence-corrected chi connectivity index (χ2v) is 4.54. The Morgan fingerprint density at radius 3 is 2.00 bits per heavy atom. The molecule has 0 saturated carbocycles. The van der Waals surface area contributed by atoms with Gasteiger partial charge >= 0.3 is 18.0 Å². The van der Waals surface area contributed by atoms with Gasteiger partial charge in [0.05, 0.1) is 6.42 Å². The number of hydrogen-bond donors (Lipinski definition) is 2. The van der Waals surface area contributed by atoms with Crippen molar-refractivity contribution in [2.24, 2.45) is 0 Å². The highest BCUT2D eigenvalue weighted by Gasteiger charge is 2.31. The number of rotatable bonds is 4. The summed E-state index contributed by atoms with van der Waals surface area (Å²) >= 11 is 0. The van der Waals surface area contributed by atoms with E-state index >= 15 is 0 Å². The Morgan fingerprint density at radius 2 is 1.71 bits per heavy atom. The van der Waals surface area contributed by atoms with Crippen molar-refractivity contribution < 1.29 is 29.3 Å². The molecule has 7 heteroatoms. The number of aliphatic carboxylic acids is 2. The minimum Gasteiger partial charge on any atom is -0.481 e. The van der Waals surface area contributed by atoms with E-state index in [1.807, 2.05) is 0 Å². The van der Waals surface area contributed by atoms with Crippen LogP contribution in [0.15, 0.2) is 0 Å². The van der Waals surface area contributed by atoms with E-state index in [2.05, 4.69) is 0 Å². The van der Waals surface area contributed by atoms with Gasteiger partial charge in [0.15, 0.2) is 0 Å². The van der Waals surface area contributed by atoms with Crippen LogP contribution in [0, 0.1) is 0 Å². The van der Waals surface area contributed by atoms with Gasteiger partial charge in [-0.15, -0.1) is 0 Å². The van der Waals surface area contributed by atoms with Crippen LogP contribution in [0.4, 0.5) is 4.79 Å². The Morgan fingerprint density at radius 1 is 1.24 bits per heavy atom. The normalized spacial score (nSPS) is 12.7. The number of carbonyl (C=O) groups is 3. The van der Waals surface area contributed by atoms with Crippen molar-refractivity contribution in [2.45, 2.75) is 38.8 Å². The Hall–Kier alpha value is -1.79. The van der Waals surface area contributed by atoms with Crippen LogP contribution >= 0.6 is 0 Å². The lowest BCUT2D eigenvalue weighted by Gasteiger charge is -2.27. The van der Waals surface area contributed by atoms with Crippen LogP contribution < -0.4 is 0 Å². The quantitative estimate of drug-likeness (QED) is 0.760. The number of carboxylic acid groups (broad SMARTS) is 2. The third-order valence-corrected chi connectivity index (χ3v) is 1.80. The Labute approximate surface area is 99.0 Å². The van der Waals surface area contributed by atoms with E-state index in [9.17, 15) is 14.4 Å². The number of amides is 1. The van der Waals surface area contributed by atoms with Crippen molar-refractivity contribution in [3.8, 4) is 0 Å². The molecule has 0 radical (unpaired) electrons. The van der Waals surface area contributed by atoms with Gasteiger partial charge in [-0.05, 0) is 20.8 Å². The molecular weight excluding hydrogens is 230 g/mol. The first-order chi connectivity index (χ1) is 7.54. The first-order valence-electron chi connectivity index (χ1n) is 4.95. The predicted octanol–water partition coefficient (Wildman–Crippen LogP) is 0.781. The molecular formula is C10H17NO6. The highest BCUT2D eigenvalue weighted by atomic mass is 16.6. The molecule has 0 unspecified atom stereocenters. The molecule has 0 aliphatic rings. The van der Waals surface area contributed by atoms with Gasteiger partial charge < -0.3 is 14.9 Å². The summed E-state index contributed by atoms with van der Waals surface area (Å²) in [5, 5.41) is 17.4. The molecule has 0 saturated heterocycles. The molecule has 17 heavy (non-hydrogen) atoms. The summed E-state index contributed by atoms with van der Waals surface area (Å²) in [6, 6.07) is -1.44. The van der Waals surface area contributed by atoms with Crippen LogP contribution in [0.5, 0.6) is 0 Å². The smallest absolute Gasteiger partial charge is 0.410 e. The third kappa shape index (κ3) is 5.74. The van der Waals surface area contributed by atoms with Gasteiger partial charge in [-0.2, -0.15) is 0 Å². The van der Waals surface area contributed by atoms with E-state index in [1.54, 1.807) is 20.8 Å². The van der Waals surface area contributed by atoms with E-state index in [0.29, 0.717) is 0 Å². The van der Waals surface area contributed by atoms with Crippen LogP contribution in [0.2, 0.25) is 0 Å². The third-order valence-electron chi connectivity index (χ3n) is 1.80. The number of hydrogen-bond acceptors (Lipinski definition) is 4.